The van der Waals surface area contributed by atoms with Crippen LogP contribution in [-0.4, -0.2) is 73.6 Å². The second kappa shape index (κ2) is 11.9. The van der Waals surface area contributed by atoms with Gasteiger partial charge in [0, 0.05) is 64.7 Å². The van der Waals surface area contributed by atoms with Gasteiger partial charge in [0.15, 0.2) is 5.96 Å². The van der Waals surface area contributed by atoms with E-state index in [4.69, 9.17) is 0 Å². The van der Waals surface area contributed by atoms with Gasteiger partial charge < -0.3 is 15.5 Å². The van der Waals surface area contributed by atoms with Gasteiger partial charge in [-0.3, -0.25) is 9.89 Å². The summed E-state index contributed by atoms with van der Waals surface area (Å²) >= 11 is 1.71. The second-order valence-electron chi connectivity index (χ2n) is 7.49. The van der Waals surface area contributed by atoms with Crippen LogP contribution in [0.3, 0.4) is 0 Å². The molecule has 0 unspecified atom stereocenters. The van der Waals surface area contributed by atoms with E-state index in [1.54, 1.807) is 11.3 Å². The summed E-state index contributed by atoms with van der Waals surface area (Å²) in [6.45, 7) is 10.7. The van der Waals surface area contributed by atoms with Crippen molar-refractivity contribution in [1.29, 1.82) is 0 Å². The first-order valence-electron chi connectivity index (χ1n) is 10.6. The lowest BCUT2D eigenvalue weighted by atomic mass is 10.2. The monoisotopic (exact) mass is 414 g/mol. The Morgan fingerprint density at radius 2 is 1.79 bits per heavy atom. The van der Waals surface area contributed by atoms with Crippen LogP contribution < -0.4 is 10.6 Å². The third-order valence-electron chi connectivity index (χ3n) is 5.22. The van der Waals surface area contributed by atoms with Gasteiger partial charge in [-0.1, -0.05) is 30.3 Å². The molecule has 2 aromatic rings. The molecule has 0 saturated carbocycles. The number of guanidine groups is 1. The molecule has 0 amide bonds. The van der Waals surface area contributed by atoms with Crippen LogP contribution in [-0.2, 0) is 13.0 Å². The van der Waals surface area contributed by atoms with Gasteiger partial charge in [0.25, 0.3) is 0 Å². The van der Waals surface area contributed by atoms with Crippen molar-refractivity contribution < 1.29 is 0 Å². The Hall–Kier alpha value is -1.96. The van der Waals surface area contributed by atoms with Crippen molar-refractivity contribution in [3.05, 3.63) is 52.0 Å². The fourth-order valence-electron chi connectivity index (χ4n) is 3.57. The molecule has 1 aromatic carbocycles. The first-order valence-corrected chi connectivity index (χ1v) is 11.4. The first-order chi connectivity index (χ1) is 14.2. The van der Waals surface area contributed by atoms with Gasteiger partial charge >= 0.3 is 0 Å². The van der Waals surface area contributed by atoms with E-state index >= 15 is 0 Å². The van der Waals surface area contributed by atoms with E-state index in [9.17, 15) is 0 Å². The average Bonchev–Trinajstić information content (AvgIpc) is 3.16. The minimum atomic E-state index is 0.853. The minimum Gasteiger partial charge on any atom is -0.356 e. The van der Waals surface area contributed by atoms with Crippen LogP contribution in [0.25, 0.3) is 0 Å². The number of nitrogens with one attached hydrogen (secondary N) is 2. The Morgan fingerprint density at radius 3 is 2.48 bits per heavy atom. The largest absolute Gasteiger partial charge is 0.356 e. The number of benzene rings is 1. The fraction of sp³-hybridized carbons (Fsp3) is 0.545. The molecule has 0 radical (unpaired) electrons. The smallest absolute Gasteiger partial charge is 0.190 e. The highest BCUT2D eigenvalue weighted by Crippen LogP contribution is 2.09. The third-order valence-corrected chi connectivity index (χ3v) is 6.04. The Kier molecular flexibility index (Phi) is 8.92. The van der Waals surface area contributed by atoms with E-state index in [2.05, 4.69) is 66.1 Å². The number of hydrogen-bond donors (Lipinski definition) is 2. The van der Waals surface area contributed by atoms with E-state index in [1.165, 1.54) is 5.56 Å². The highest BCUT2D eigenvalue weighted by Gasteiger charge is 2.16. The summed E-state index contributed by atoms with van der Waals surface area (Å²) in [6.07, 6.45) is 2.06. The predicted molar refractivity (Wildman–Crippen MR) is 123 cm³/mol. The van der Waals surface area contributed by atoms with Gasteiger partial charge in [-0.05, 0) is 25.5 Å². The van der Waals surface area contributed by atoms with Crippen LogP contribution in [0.15, 0.2) is 40.7 Å². The highest BCUT2D eigenvalue weighted by atomic mass is 32.1. The molecule has 2 N–H and O–H groups in total. The molecule has 1 fully saturated rings. The van der Waals surface area contributed by atoms with Crippen LogP contribution in [0, 0.1) is 6.92 Å². The molecule has 3 rings (SSSR count). The third kappa shape index (κ3) is 7.76. The number of aryl methyl sites for hydroxylation is 1. The standard InChI is InChI=1S/C22H34N6S/c1-19-26-21(18-29-19)9-11-25-22(23-2)24-10-6-12-27-13-15-28(16-14-27)17-20-7-4-3-5-8-20/h3-5,7-8,18H,6,9-17H2,1-2H3,(H2,23,24,25). The van der Waals surface area contributed by atoms with Gasteiger partial charge in [-0.25, -0.2) is 4.98 Å². The molecule has 2 heterocycles. The lowest BCUT2D eigenvalue weighted by Crippen LogP contribution is -2.46. The number of hydrogen-bond acceptors (Lipinski definition) is 5. The van der Waals surface area contributed by atoms with Gasteiger partial charge in [-0.15, -0.1) is 11.3 Å². The summed E-state index contributed by atoms with van der Waals surface area (Å²) in [5.41, 5.74) is 2.57. The van der Waals surface area contributed by atoms with Crippen molar-refractivity contribution in [2.45, 2.75) is 26.3 Å². The lowest BCUT2D eigenvalue weighted by Gasteiger charge is -2.34. The number of nitrogens with zero attached hydrogens (tertiary/aromatic N) is 4. The zero-order valence-electron chi connectivity index (χ0n) is 17.7. The van der Waals surface area contributed by atoms with Crippen LogP contribution in [0.1, 0.15) is 22.7 Å². The minimum absolute atomic E-state index is 0.853. The van der Waals surface area contributed by atoms with E-state index < -0.39 is 0 Å². The molecule has 0 aliphatic carbocycles. The van der Waals surface area contributed by atoms with Crippen LogP contribution in [0.5, 0.6) is 0 Å². The maximum atomic E-state index is 4.50. The fourth-order valence-corrected chi connectivity index (χ4v) is 4.22. The predicted octanol–water partition coefficient (Wildman–Crippen LogP) is 2.37. The molecular formula is C22H34N6S. The van der Waals surface area contributed by atoms with E-state index in [1.807, 2.05) is 14.0 Å². The molecule has 0 atom stereocenters. The summed E-state index contributed by atoms with van der Waals surface area (Å²) in [7, 11) is 1.83. The highest BCUT2D eigenvalue weighted by molar-refractivity contribution is 7.09. The molecule has 1 aliphatic heterocycles. The quantitative estimate of drug-likeness (QED) is 0.375. The van der Waals surface area contributed by atoms with Crippen LogP contribution in [0.2, 0.25) is 0 Å². The molecule has 0 spiro atoms. The zero-order valence-corrected chi connectivity index (χ0v) is 18.5. The Balaban J connectivity index is 1.24. The number of aliphatic imine (C=N–C) groups is 1. The molecule has 1 saturated heterocycles. The maximum absolute atomic E-state index is 4.50. The number of piperazine rings is 1. The molecule has 1 aliphatic rings. The zero-order chi connectivity index (χ0) is 20.3. The Bertz CT molecular complexity index is 737. The van der Waals surface area contributed by atoms with Crippen molar-refractivity contribution in [2.24, 2.45) is 4.99 Å². The summed E-state index contributed by atoms with van der Waals surface area (Å²) in [5, 5.41) is 10.1. The molecule has 0 bridgehead atoms. The number of thiazole rings is 1. The molecule has 29 heavy (non-hydrogen) atoms. The molecule has 158 valence electrons. The molecule has 7 heteroatoms. The summed E-state index contributed by atoms with van der Waals surface area (Å²) in [5.74, 6) is 0.879. The summed E-state index contributed by atoms with van der Waals surface area (Å²) in [4.78, 5) is 13.9. The molecule has 6 nitrogen and oxygen atoms in total. The van der Waals surface area contributed by atoms with E-state index in [0.717, 1.165) is 81.9 Å². The Labute approximate surface area is 179 Å². The van der Waals surface area contributed by atoms with Gasteiger partial charge in [0.2, 0.25) is 0 Å². The second-order valence-corrected chi connectivity index (χ2v) is 8.55. The van der Waals surface area contributed by atoms with Gasteiger partial charge in [0.1, 0.15) is 0 Å². The van der Waals surface area contributed by atoms with Gasteiger partial charge in [-0.2, -0.15) is 0 Å². The van der Waals surface area contributed by atoms with Crippen molar-refractivity contribution >= 4 is 17.3 Å². The van der Waals surface area contributed by atoms with Crippen molar-refractivity contribution in [3.8, 4) is 0 Å². The van der Waals surface area contributed by atoms with E-state index in [-0.39, 0.29) is 0 Å². The summed E-state index contributed by atoms with van der Waals surface area (Å²) in [6, 6.07) is 10.8. The SMILES string of the molecule is CN=C(NCCCN1CCN(Cc2ccccc2)CC1)NCCc1csc(C)n1. The lowest BCUT2D eigenvalue weighted by molar-refractivity contribution is 0.126. The first kappa shape index (κ1) is 21.7. The van der Waals surface area contributed by atoms with E-state index in [0.29, 0.717) is 0 Å². The normalized spacial score (nSPS) is 16.1. The number of rotatable bonds is 9. The Morgan fingerprint density at radius 1 is 1.07 bits per heavy atom. The van der Waals surface area contributed by atoms with Gasteiger partial charge in [0.05, 0.1) is 10.7 Å². The molecular weight excluding hydrogens is 380 g/mol. The van der Waals surface area contributed by atoms with Crippen LogP contribution >= 0.6 is 11.3 Å². The number of aromatic nitrogens is 1. The van der Waals surface area contributed by atoms with Crippen LogP contribution in [0.4, 0.5) is 0 Å². The van der Waals surface area contributed by atoms with Crippen molar-refractivity contribution in [3.63, 3.8) is 0 Å². The average molecular weight is 415 g/mol. The van der Waals surface area contributed by atoms with Crippen molar-refractivity contribution in [1.82, 2.24) is 25.4 Å². The van der Waals surface area contributed by atoms with Crippen molar-refractivity contribution in [2.75, 3.05) is 52.9 Å². The maximum Gasteiger partial charge on any atom is 0.190 e. The summed E-state index contributed by atoms with van der Waals surface area (Å²) < 4.78 is 0. The topological polar surface area (TPSA) is 55.8 Å². The molecule has 1 aromatic heterocycles.